The summed E-state index contributed by atoms with van der Waals surface area (Å²) in [7, 11) is 0. The molecule has 2 heterocycles. The number of nitrogens with zero attached hydrogens (tertiary/aromatic N) is 1. The van der Waals surface area contributed by atoms with Crippen LogP contribution in [0.15, 0.2) is 47.3 Å². The van der Waals surface area contributed by atoms with E-state index in [-0.39, 0.29) is 22.4 Å². The van der Waals surface area contributed by atoms with Crippen LogP contribution in [0.2, 0.25) is 10.0 Å². The van der Waals surface area contributed by atoms with E-state index in [9.17, 15) is 27.6 Å². The van der Waals surface area contributed by atoms with Crippen LogP contribution in [-0.2, 0) is 15.8 Å². The number of aromatic nitrogens is 2. The average molecular weight is 512 g/mol. The Morgan fingerprint density at radius 1 is 1.09 bits per heavy atom. The molecule has 1 atom stereocenters. The zero-order valence-electron chi connectivity index (χ0n) is 16.9. The van der Waals surface area contributed by atoms with Gasteiger partial charge in [0.2, 0.25) is 17.8 Å². The van der Waals surface area contributed by atoms with Crippen LogP contribution in [0.25, 0.3) is 0 Å². The summed E-state index contributed by atoms with van der Waals surface area (Å²) in [5.41, 5.74) is -2.15. The summed E-state index contributed by atoms with van der Waals surface area (Å²) in [4.78, 5) is 44.5. The van der Waals surface area contributed by atoms with Gasteiger partial charge in [-0.05, 0) is 30.3 Å². The summed E-state index contributed by atoms with van der Waals surface area (Å²) < 4.78 is 39.8. The van der Waals surface area contributed by atoms with Gasteiger partial charge >= 0.3 is 6.18 Å². The first-order chi connectivity index (χ1) is 16.0. The molecule has 0 saturated heterocycles. The predicted molar refractivity (Wildman–Crippen MR) is 121 cm³/mol. The number of hydrogen-bond donors (Lipinski definition) is 4. The Morgan fingerprint density at radius 2 is 1.82 bits per heavy atom. The number of nitrogens with one attached hydrogen (secondary N) is 4. The second-order valence-electron chi connectivity index (χ2n) is 7.26. The number of fused-ring (bicyclic) bond motifs is 1. The van der Waals surface area contributed by atoms with Crippen molar-refractivity contribution >= 4 is 58.2 Å². The van der Waals surface area contributed by atoms with Crippen LogP contribution in [0.1, 0.15) is 23.5 Å². The number of anilines is 4. The van der Waals surface area contributed by atoms with Gasteiger partial charge in [0.1, 0.15) is 5.82 Å². The number of aromatic amines is 1. The Kier molecular flexibility index (Phi) is 6.24. The van der Waals surface area contributed by atoms with Crippen molar-refractivity contribution in [3.05, 3.63) is 74.0 Å². The molecule has 0 spiro atoms. The molecule has 0 bridgehead atoms. The first kappa shape index (κ1) is 23.6. The fraction of sp³-hybridized carbons (Fsp3) is 0.143. The summed E-state index contributed by atoms with van der Waals surface area (Å²) in [5, 5.41) is 7.99. The maximum Gasteiger partial charge on any atom is 0.418 e. The number of amides is 2. The maximum absolute atomic E-state index is 13.3. The fourth-order valence-corrected chi connectivity index (χ4v) is 3.89. The van der Waals surface area contributed by atoms with Gasteiger partial charge in [0, 0.05) is 11.4 Å². The molecule has 176 valence electrons. The highest BCUT2D eigenvalue weighted by molar-refractivity contribution is 6.36. The Balaban J connectivity index is 1.66. The summed E-state index contributed by atoms with van der Waals surface area (Å²) in [6.45, 7) is 0. The number of benzene rings is 2. The third-order valence-electron chi connectivity index (χ3n) is 4.94. The van der Waals surface area contributed by atoms with E-state index in [0.29, 0.717) is 10.7 Å². The minimum Gasteiger partial charge on any atom is -0.325 e. The van der Waals surface area contributed by atoms with E-state index >= 15 is 0 Å². The van der Waals surface area contributed by atoms with Crippen molar-refractivity contribution < 1.29 is 22.8 Å². The molecule has 1 aromatic heterocycles. The molecular formula is C21H14Cl2F3N5O3. The minimum atomic E-state index is -4.71. The molecule has 2 amide bonds. The molecule has 1 unspecified atom stereocenters. The molecule has 3 aromatic rings. The maximum atomic E-state index is 13.3. The van der Waals surface area contributed by atoms with Gasteiger partial charge in [0.05, 0.1) is 33.4 Å². The average Bonchev–Trinajstić information content (AvgIpc) is 2.74. The molecule has 34 heavy (non-hydrogen) atoms. The summed E-state index contributed by atoms with van der Waals surface area (Å²) in [6.07, 6.45) is -5.16. The topological polar surface area (TPSA) is 116 Å². The molecule has 8 nitrogen and oxygen atoms in total. The van der Waals surface area contributed by atoms with Crippen molar-refractivity contribution in [2.45, 2.75) is 18.5 Å². The van der Waals surface area contributed by atoms with Crippen molar-refractivity contribution in [1.82, 2.24) is 9.97 Å². The van der Waals surface area contributed by atoms with Gasteiger partial charge in [-0.1, -0.05) is 35.3 Å². The first-order valence-electron chi connectivity index (χ1n) is 9.66. The summed E-state index contributed by atoms with van der Waals surface area (Å²) in [5.74, 6) is -3.24. The number of carbonyl (C=O) groups is 2. The number of para-hydroxylation sites is 1. The highest BCUT2D eigenvalue weighted by Crippen LogP contribution is 2.36. The highest BCUT2D eigenvalue weighted by Gasteiger charge is 2.37. The van der Waals surface area contributed by atoms with E-state index in [1.54, 1.807) is 6.07 Å². The van der Waals surface area contributed by atoms with Crippen LogP contribution in [0.3, 0.4) is 0 Å². The van der Waals surface area contributed by atoms with E-state index in [1.807, 2.05) is 0 Å². The molecule has 13 heteroatoms. The molecule has 0 saturated carbocycles. The van der Waals surface area contributed by atoms with E-state index in [1.165, 1.54) is 24.3 Å². The second kappa shape index (κ2) is 8.99. The van der Waals surface area contributed by atoms with Gasteiger partial charge in [0.25, 0.3) is 5.56 Å². The molecule has 2 aromatic carbocycles. The summed E-state index contributed by atoms with van der Waals surface area (Å²) >= 11 is 12.0. The van der Waals surface area contributed by atoms with Gasteiger partial charge in [-0.25, -0.2) is 0 Å². The van der Waals surface area contributed by atoms with E-state index in [4.69, 9.17) is 23.2 Å². The van der Waals surface area contributed by atoms with E-state index < -0.39 is 47.1 Å². The Labute approximate surface area is 199 Å². The van der Waals surface area contributed by atoms with Crippen molar-refractivity contribution in [2.75, 3.05) is 16.0 Å². The zero-order valence-corrected chi connectivity index (χ0v) is 18.4. The lowest BCUT2D eigenvalue weighted by molar-refractivity contribution is -0.137. The molecule has 4 rings (SSSR count). The minimum absolute atomic E-state index is 0.0863. The van der Waals surface area contributed by atoms with Crippen LogP contribution < -0.4 is 21.5 Å². The van der Waals surface area contributed by atoms with Gasteiger partial charge in [-0.15, -0.1) is 0 Å². The van der Waals surface area contributed by atoms with Gasteiger partial charge in [-0.3, -0.25) is 19.4 Å². The molecule has 0 aliphatic carbocycles. The van der Waals surface area contributed by atoms with Crippen LogP contribution in [-0.4, -0.2) is 21.8 Å². The second-order valence-corrected chi connectivity index (χ2v) is 8.11. The van der Waals surface area contributed by atoms with Gasteiger partial charge in [0.15, 0.2) is 0 Å². The molecule has 0 radical (unpaired) electrons. The number of hydrogen-bond acceptors (Lipinski definition) is 5. The van der Waals surface area contributed by atoms with Crippen LogP contribution in [0, 0.1) is 0 Å². The number of rotatable bonds is 4. The zero-order chi connectivity index (χ0) is 24.6. The van der Waals surface area contributed by atoms with Crippen LogP contribution in [0.5, 0.6) is 0 Å². The normalized spacial score (nSPS) is 15.3. The van der Waals surface area contributed by atoms with Crippen molar-refractivity contribution in [3.63, 3.8) is 0 Å². The van der Waals surface area contributed by atoms with Crippen molar-refractivity contribution in [3.8, 4) is 0 Å². The first-order valence-corrected chi connectivity index (χ1v) is 10.4. The van der Waals surface area contributed by atoms with Crippen LogP contribution >= 0.6 is 23.2 Å². The van der Waals surface area contributed by atoms with Crippen LogP contribution in [0.4, 0.5) is 36.3 Å². The standard InChI is InChI=1S/C21H14Cl2F3N5O3/c22-9-5-6-14(12(23)7-9)28-20-30-17-16(19(34)31-20)10(8-15(32)29-17)18(33)27-13-4-2-1-3-11(13)21(24,25)26/h1-7,10H,8H2,(H,27,33)(H3,28,29,30,31,32,34). The molecule has 4 N–H and O–H groups in total. The van der Waals surface area contributed by atoms with Crippen molar-refractivity contribution in [1.29, 1.82) is 0 Å². The fourth-order valence-electron chi connectivity index (χ4n) is 3.43. The van der Waals surface area contributed by atoms with Gasteiger partial charge < -0.3 is 16.0 Å². The number of alkyl halides is 3. The number of H-pyrrole nitrogens is 1. The molecular weight excluding hydrogens is 498 g/mol. The Bertz CT molecular complexity index is 1360. The largest absolute Gasteiger partial charge is 0.418 e. The third-order valence-corrected chi connectivity index (χ3v) is 5.49. The Hall–Kier alpha value is -3.57. The smallest absolute Gasteiger partial charge is 0.325 e. The van der Waals surface area contributed by atoms with E-state index in [0.717, 1.165) is 12.1 Å². The molecule has 1 aliphatic rings. The Morgan fingerprint density at radius 3 is 2.53 bits per heavy atom. The van der Waals surface area contributed by atoms with E-state index in [2.05, 4.69) is 25.9 Å². The lowest BCUT2D eigenvalue weighted by Gasteiger charge is -2.24. The summed E-state index contributed by atoms with van der Waals surface area (Å²) in [6, 6.07) is 8.94. The van der Waals surface area contributed by atoms with Gasteiger partial charge in [-0.2, -0.15) is 18.2 Å². The lowest BCUT2D eigenvalue weighted by Crippen LogP contribution is -2.36. The number of carbonyl (C=O) groups excluding carboxylic acids is 2. The SMILES string of the molecule is O=C1CC(C(=O)Nc2ccccc2C(F)(F)F)c2c(nc(Nc3ccc(Cl)cc3Cl)[nH]c2=O)N1. The third kappa shape index (κ3) is 4.85. The van der Waals surface area contributed by atoms with Crippen molar-refractivity contribution in [2.24, 2.45) is 0 Å². The molecule has 0 fully saturated rings. The highest BCUT2D eigenvalue weighted by atomic mass is 35.5. The lowest BCUT2D eigenvalue weighted by atomic mass is 9.92. The monoisotopic (exact) mass is 511 g/mol. The predicted octanol–water partition coefficient (Wildman–Crippen LogP) is 4.90. The number of halogens is 5. The quantitative estimate of drug-likeness (QED) is 0.397. The molecule has 1 aliphatic heterocycles.